The number of nitrogens with two attached hydrogens (primary N) is 1. The fourth-order valence-electron chi connectivity index (χ4n) is 2.23. The molecule has 0 amide bonds. The summed E-state index contributed by atoms with van der Waals surface area (Å²) in [5.41, 5.74) is 5.09. The lowest BCUT2D eigenvalue weighted by atomic mass is 10.1. The van der Waals surface area contributed by atoms with Crippen LogP contribution in [0.1, 0.15) is 11.7 Å². The molecule has 0 aliphatic carbocycles. The molecule has 1 aliphatic heterocycles. The number of ether oxygens (including phenoxy) is 1. The average Bonchev–Trinajstić information content (AvgIpc) is 2.86. The molecule has 0 fully saturated rings. The summed E-state index contributed by atoms with van der Waals surface area (Å²) in [7, 11) is -4.34. The Morgan fingerprint density at radius 2 is 1.72 bits per heavy atom. The van der Waals surface area contributed by atoms with Crippen molar-refractivity contribution in [3.05, 3.63) is 77.4 Å². The second kappa shape index (κ2) is 6.17. The minimum atomic E-state index is -4.34. The summed E-state index contributed by atoms with van der Waals surface area (Å²) in [5.74, 6) is -4.91. The van der Waals surface area contributed by atoms with Crippen LogP contribution in [0.15, 0.2) is 65.1 Å². The molecular weight excluding hydrogens is 356 g/mol. The number of hydrogen-bond acceptors (Lipinski definition) is 6. The Labute approximate surface area is 141 Å². The topological polar surface area (TPSA) is 95.7 Å². The first-order valence-corrected chi connectivity index (χ1v) is 8.36. The fraction of sp³-hybridized carbons (Fsp3) is 0.0625. The normalized spacial score (nSPS) is 17.5. The van der Waals surface area contributed by atoms with Gasteiger partial charge >= 0.3 is 10.1 Å². The molecule has 130 valence electrons. The van der Waals surface area contributed by atoms with Gasteiger partial charge in [0.15, 0.2) is 17.7 Å². The molecule has 1 heterocycles. The van der Waals surface area contributed by atoms with Crippen LogP contribution in [0.2, 0.25) is 0 Å². The Bertz CT molecular complexity index is 973. The number of halogens is 2. The smallest absolute Gasteiger partial charge is 0.339 e. The van der Waals surface area contributed by atoms with Gasteiger partial charge in [-0.1, -0.05) is 30.3 Å². The Morgan fingerprint density at radius 1 is 1.04 bits per heavy atom. The third kappa shape index (κ3) is 3.05. The van der Waals surface area contributed by atoms with Gasteiger partial charge in [-0.05, 0) is 18.2 Å². The molecule has 2 aromatic carbocycles. The highest BCUT2D eigenvalue weighted by atomic mass is 32.2. The van der Waals surface area contributed by atoms with E-state index in [2.05, 4.69) is 0 Å². The maximum atomic E-state index is 13.9. The molecule has 0 saturated heterocycles. The zero-order valence-corrected chi connectivity index (χ0v) is 13.3. The summed E-state index contributed by atoms with van der Waals surface area (Å²) in [6, 6.07) is 10.2. The van der Waals surface area contributed by atoms with Crippen molar-refractivity contribution in [1.29, 1.82) is 0 Å². The number of carbonyl (C=O) groups excluding carboxylic acids is 1. The molecule has 0 bridgehead atoms. The Balaban J connectivity index is 1.90. The predicted molar refractivity (Wildman–Crippen MR) is 81.1 cm³/mol. The number of ketones is 1. The van der Waals surface area contributed by atoms with Gasteiger partial charge in [-0.15, -0.1) is 0 Å². The Kier molecular flexibility index (Phi) is 4.17. The third-order valence-corrected chi connectivity index (χ3v) is 4.65. The summed E-state index contributed by atoms with van der Waals surface area (Å²) >= 11 is 0. The van der Waals surface area contributed by atoms with E-state index in [0.717, 1.165) is 12.1 Å². The van der Waals surface area contributed by atoms with Crippen molar-refractivity contribution in [2.24, 2.45) is 5.73 Å². The highest BCUT2D eigenvalue weighted by Crippen LogP contribution is 2.34. The molecular formula is C16H11F2NO5S. The van der Waals surface area contributed by atoms with Gasteiger partial charge in [-0.3, -0.25) is 4.79 Å². The van der Waals surface area contributed by atoms with E-state index in [9.17, 15) is 22.0 Å². The Morgan fingerprint density at radius 3 is 2.40 bits per heavy atom. The summed E-state index contributed by atoms with van der Waals surface area (Å²) < 4.78 is 61.3. The van der Waals surface area contributed by atoms with Crippen LogP contribution >= 0.6 is 0 Å². The van der Waals surface area contributed by atoms with Crippen LogP contribution in [-0.4, -0.2) is 14.2 Å². The first kappa shape index (κ1) is 16.9. The van der Waals surface area contributed by atoms with Gasteiger partial charge in [0.1, 0.15) is 4.90 Å². The van der Waals surface area contributed by atoms with Crippen LogP contribution in [0.4, 0.5) is 8.78 Å². The number of rotatable bonds is 4. The zero-order chi connectivity index (χ0) is 18.2. The van der Waals surface area contributed by atoms with Crippen molar-refractivity contribution in [3.8, 4) is 0 Å². The van der Waals surface area contributed by atoms with Gasteiger partial charge in [0.25, 0.3) is 0 Å². The van der Waals surface area contributed by atoms with E-state index < -0.39 is 50.8 Å². The quantitative estimate of drug-likeness (QED) is 0.832. The molecule has 0 saturated carbocycles. The van der Waals surface area contributed by atoms with E-state index >= 15 is 0 Å². The number of carbonyl (C=O) groups is 1. The number of Topliss-reactive ketones (excluding diaryl/α,β-unsaturated/α-hetero) is 1. The molecule has 1 atom stereocenters. The second-order valence-electron chi connectivity index (χ2n) is 5.05. The molecule has 25 heavy (non-hydrogen) atoms. The lowest BCUT2D eigenvalue weighted by molar-refractivity contribution is -0.123. The largest absolute Gasteiger partial charge is 0.460 e. The van der Waals surface area contributed by atoms with Gasteiger partial charge in [-0.25, -0.2) is 8.78 Å². The van der Waals surface area contributed by atoms with E-state index in [1.807, 2.05) is 0 Å². The molecule has 2 N–H and O–H groups in total. The highest BCUT2D eigenvalue weighted by molar-refractivity contribution is 7.86. The van der Waals surface area contributed by atoms with Crippen LogP contribution in [0.3, 0.4) is 0 Å². The van der Waals surface area contributed by atoms with Crippen molar-refractivity contribution in [1.82, 2.24) is 0 Å². The average molecular weight is 367 g/mol. The van der Waals surface area contributed by atoms with Crippen LogP contribution in [0.5, 0.6) is 0 Å². The van der Waals surface area contributed by atoms with Crippen LogP contribution in [0, 0.1) is 11.6 Å². The minimum absolute atomic E-state index is 0.205. The van der Waals surface area contributed by atoms with E-state index in [1.54, 1.807) is 6.07 Å². The zero-order valence-electron chi connectivity index (χ0n) is 12.5. The SMILES string of the molecule is NC1=C(OS(=O)(=O)c2ccccc2)C(=O)C(c2cccc(F)c2F)O1. The van der Waals surface area contributed by atoms with E-state index in [4.69, 9.17) is 14.7 Å². The first-order valence-electron chi connectivity index (χ1n) is 6.95. The molecule has 0 radical (unpaired) electrons. The fourth-order valence-corrected chi connectivity index (χ4v) is 3.20. The number of hydrogen-bond donors (Lipinski definition) is 1. The molecule has 1 aliphatic rings. The third-order valence-electron chi connectivity index (χ3n) is 3.42. The standard InChI is InChI=1S/C16H11F2NO5S/c17-11-8-4-7-10(12(11)18)14-13(20)15(16(19)23-14)24-25(21,22)9-5-2-1-3-6-9/h1-8,14H,19H2. The van der Waals surface area contributed by atoms with Crippen molar-refractivity contribution in [2.45, 2.75) is 11.0 Å². The maximum Gasteiger partial charge on any atom is 0.339 e. The summed E-state index contributed by atoms with van der Waals surface area (Å²) in [6.07, 6.45) is -1.63. The van der Waals surface area contributed by atoms with Crippen molar-refractivity contribution in [3.63, 3.8) is 0 Å². The second-order valence-corrected chi connectivity index (χ2v) is 6.60. The predicted octanol–water partition coefficient (Wildman–Crippen LogP) is 2.14. The first-order chi connectivity index (χ1) is 11.8. The van der Waals surface area contributed by atoms with Crippen molar-refractivity contribution in [2.75, 3.05) is 0 Å². The van der Waals surface area contributed by atoms with E-state index in [0.29, 0.717) is 0 Å². The summed E-state index contributed by atoms with van der Waals surface area (Å²) in [6.45, 7) is 0. The number of benzene rings is 2. The van der Waals surface area contributed by atoms with Gasteiger partial charge in [0.05, 0.1) is 0 Å². The van der Waals surface area contributed by atoms with Crippen LogP contribution < -0.4 is 5.73 Å². The highest BCUT2D eigenvalue weighted by Gasteiger charge is 2.41. The summed E-state index contributed by atoms with van der Waals surface area (Å²) in [5, 5.41) is 0. The van der Waals surface area contributed by atoms with Crippen LogP contribution in [-0.2, 0) is 23.8 Å². The van der Waals surface area contributed by atoms with Gasteiger partial charge in [0, 0.05) is 5.56 Å². The van der Waals surface area contributed by atoms with Gasteiger partial charge in [0.2, 0.25) is 17.4 Å². The molecule has 2 aromatic rings. The van der Waals surface area contributed by atoms with E-state index in [-0.39, 0.29) is 4.90 Å². The molecule has 1 unspecified atom stereocenters. The lowest BCUT2D eigenvalue weighted by Crippen LogP contribution is -2.16. The molecule has 0 spiro atoms. The maximum absolute atomic E-state index is 13.9. The van der Waals surface area contributed by atoms with Crippen molar-refractivity contribution >= 4 is 15.9 Å². The van der Waals surface area contributed by atoms with Crippen molar-refractivity contribution < 1.29 is 30.9 Å². The molecule has 9 heteroatoms. The lowest BCUT2D eigenvalue weighted by Gasteiger charge is -2.11. The monoisotopic (exact) mass is 367 g/mol. The molecule has 0 aromatic heterocycles. The Hall–Kier alpha value is -2.94. The van der Waals surface area contributed by atoms with Crippen LogP contribution in [0.25, 0.3) is 0 Å². The van der Waals surface area contributed by atoms with Gasteiger partial charge in [-0.2, -0.15) is 8.42 Å². The van der Waals surface area contributed by atoms with E-state index in [1.165, 1.54) is 30.3 Å². The van der Waals surface area contributed by atoms with Gasteiger partial charge < -0.3 is 14.7 Å². The molecule has 6 nitrogen and oxygen atoms in total. The summed E-state index contributed by atoms with van der Waals surface area (Å²) in [4.78, 5) is 12.1. The minimum Gasteiger partial charge on any atom is -0.460 e. The molecule has 3 rings (SSSR count).